The van der Waals surface area contributed by atoms with Crippen molar-refractivity contribution in [3.8, 4) is 5.75 Å². The van der Waals surface area contributed by atoms with Crippen LogP contribution in [0.15, 0.2) is 10.3 Å². The lowest BCUT2D eigenvalue weighted by Crippen LogP contribution is -2.42. The van der Waals surface area contributed by atoms with Crippen LogP contribution in [0.2, 0.25) is 0 Å². The van der Waals surface area contributed by atoms with Crippen LogP contribution in [-0.2, 0) is 23.4 Å². The largest absolute Gasteiger partial charge is 0.501 e. The molecule has 128 valence electrons. The number of nitrogens with zero attached hydrogens (tertiary/aromatic N) is 3. The van der Waals surface area contributed by atoms with E-state index < -0.39 is 22.8 Å². The number of aromatic hydroxyl groups is 1. The van der Waals surface area contributed by atoms with Crippen LogP contribution in [0.5, 0.6) is 5.75 Å². The van der Waals surface area contributed by atoms with Crippen LogP contribution in [0, 0.1) is 6.92 Å². The average molecular weight is 350 g/mol. The summed E-state index contributed by atoms with van der Waals surface area (Å²) in [7, 11) is 0. The van der Waals surface area contributed by atoms with Crippen molar-refractivity contribution in [2.45, 2.75) is 39.5 Å². The van der Waals surface area contributed by atoms with Crippen molar-refractivity contribution in [3.63, 3.8) is 0 Å². The minimum atomic E-state index is -0.811. The molecule has 24 heavy (non-hydrogen) atoms. The van der Waals surface area contributed by atoms with Crippen LogP contribution in [0.4, 0.5) is 0 Å². The maximum atomic E-state index is 12.4. The number of rotatable bonds is 3. The highest BCUT2D eigenvalue weighted by Gasteiger charge is 2.34. The van der Waals surface area contributed by atoms with Gasteiger partial charge in [-0.15, -0.1) is 11.3 Å². The molecule has 3 rings (SSSR count). The summed E-state index contributed by atoms with van der Waals surface area (Å²) in [5.41, 5.74) is 0.798. The molecule has 0 fully saturated rings. The summed E-state index contributed by atoms with van der Waals surface area (Å²) in [4.78, 5) is 33.9. The quantitative estimate of drug-likeness (QED) is 0.852. The highest BCUT2D eigenvalue weighted by atomic mass is 32.1. The molecule has 1 aliphatic rings. The van der Waals surface area contributed by atoms with Crippen LogP contribution in [-0.4, -0.2) is 32.2 Å². The first-order chi connectivity index (χ1) is 11.3. The second-order valence-electron chi connectivity index (χ2n) is 5.99. The predicted molar refractivity (Wildman–Crippen MR) is 87.2 cm³/mol. The van der Waals surface area contributed by atoms with E-state index >= 15 is 0 Å². The van der Waals surface area contributed by atoms with Gasteiger partial charge in [-0.05, 0) is 20.8 Å². The average Bonchev–Trinajstić information content (AvgIpc) is 2.93. The smallest absolute Gasteiger partial charge is 0.296 e. The summed E-state index contributed by atoms with van der Waals surface area (Å²) in [6.07, 6.45) is 0. The zero-order chi connectivity index (χ0) is 17.5. The second kappa shape index (κ2) is 5.99. The van der Waals surface area contributed by atoms with E-state index in [1.54, 1.807) is 19.4 Å². The van der Waals surface area contributed by atoms with Gasteiger partial charge in [0, 0.05) is 4.88 Å². The maximum Gasteiger partial charge on any atom is 0.296 e. The molecule has 2 aromatic heterocycles. The van der Waals surface area contributed by atoms with Gasteiger partial charge in [-0.3, -0.25) is 14.2 Å². The van der Waals surface area contributed by atoms with Crippen molar-refractivity contribution < 1.29 is 14.6 Å². The van der Waals surface area contributed by atoms with Gasteiger partial charge >= 0.3 is 0 Å². The molecule has 0 spiro atoms. The number of ether oxygens (including phenoxy) is 1. The monoisotopic (exact) mass is 350 g/mol. The highest BCUT2D eigenvalue weighted by Crippen LogP contribution is 2.27. The number of fused-ring (bicyclic) bond motifs is 1. The van der Waals surface area contributed by atoms with Crippen LogP contribution >= 0.6 is 11.3 Å². The molecule has 2 aromatic rings. The maximum absolute atomic E-state index is 12.4. The number of aryl methyl sites for hydroxylation is 1. The van der Waals surface area contributed by atoms with E-state index in [0.29, 0.717) is 19.0 Å². The fourth-order valence-electron chi connectivity index (χ4n) is 2.57. The number of thiazole rings is 1. The van der Waals surface area contributed by atoms with E-state index in [9.17, 15) is 14.7 Å². The van der Waals surface area contributed by atoms with Crippen LogP contribution in [0.3, 0.4) is 0 Å². The summed E-state index contributed by atoms with van der Waals surface area (Å²) in [5.74, 6) is -0.923. The number of nitrogens with one attached hydrogen (secondary N) is 1. The van der Waals surface area contributed by atoms with Gasteiger partial charge in [0.05, 0.1) is 30.9 Å². The van der Waals surface area contributed by atoms with E-state index in [1.807, 2.05) is 6.92 Å². The lowest BCUT2D eigenvalue weighted by atomic mass is 10.1. The molecule has 0 aromatic carbocycles. The van der Waals surface area contributed by atoms with Gasteiger partial charge in [0.25, 0.3) is 11.5 Å². The Morgan fingerprint density at radius 3 is 2.96 bits per heavy atom. The Balaban J connectivity index is 1.93. The Kier molecular flexibility index (Phi) is 4.14. The molecular formula is C15H18N4O4S. The number of hydrogen-bond donors (Lipinski definition) is 2. The first-order valence-electron chi connectivity index (χ1n) is 7.46. The third-order valence-corrected chi connectivity index (χ3v) is 4.87. The Morgan fingerprint density at radius 2 is 2.29 bits per heavy atom. The molecule has 8 nitrogen and oxygen atoms in total. The Bertz CT molecular complexity index is 856. The van der Waals surface area contributed by atoms with Gasteiger partial charge < -0.3 is 15.2 Å². The molecular weight excluding hydrogens is 332 g/mol. The van der Waals surface area contributed by atoms with Crippen molar-refractivity contribution in [1.29, 1.82) is 0 Å². The molecule has 0 radical (unpaired) electrons. The fraction of sp³-hybridized carbons (Fsp3) is 0.467. The van der Waals surface area contributed by atoms with Crippen molar-refractivity contribution >= 4 is 17.2 Å². The number of aromatic nitrogens is 3. The SMILES string of the molecule is Cc1ncsc1CNC(=O)c1nc2n(c(=O)c1O)CCOC2(C)C. The third kappa shape index (κ3) is 2.80. The number of carbonyl (C=O) groups excluding carboxylic acids is 1. The number of amides is 1. The van der Waals surface area contributed by atoms with E-state index in [-0.39, 0.29) is 12.2 Å². The van der Waals surface area contributed by atoms with Crippen LogP contribution in [0.1, 0.15) is 40.7 Å². The molecule has 0 saturated carbocycles. The predicted octanol–water partition coefficient (Wildman–Crippen LogP) is 0.909. The standard InChI is InChI=1S/C15H18N4O4S/c1-8-9(24-7-17-8)6-16-12(21)10-11(20)13(22)19-4-5-23-15(2,3)14(19)18-10/h7,20H,4-6H2,1-3H3,(H,16,21). The summed E-state index contributed by atoms with van der Waals surface area (Å²) < 4.78 is 6.96. The topological polar surface area (TPSA) is 106 Å². The second-order valence-corrected chi connectivity index (χ2v) is 6.93. The molecule has 1 aliphatic heterocycles. The summed E-state index contributed by atoms with van der Waals surface area (Å²) in [6.45, 7) is 6.28. The van der Waals surface area contributed by atoms with Gasteiger partial charge in [-0.2, -0.15) is 0 Å². The van der Waals surface area contributed by atoms with Gasteiger partial charge in [-0.25, -0.2) is 9.97 Å². The van der Waals surface area contributed by atoms with Gasteiger partial charge in [0.15, 0.2) is 5.69 Å². The zero-order valence-corrected chi connectivity index (χ0v) is 14.4. The first-order valence-corrected chi connectivity index (χ1v) is 8.34. The van der Waals surface area contributed by atoms with Gasteiger partial charge in [0.1, 0.15) is 11.4 Å². The normalized spacial score (nSPS) is 15.8. The van der Waals surface area contributed by atoms with Crippen molar-refractivity contribution in [2.75, 3.05) is 6.61 Å². The van der Waals surface area contributed by atoms with E-state index in [1.165, 1.54) is 15.9 Å². The molecule has 0 atom stereocenters. The van der Waals surface area contributed by atoms with Crippen LogP contribution in [0.25, 0.3) is 0 Å². The number of hydrogen-bond acceptors (Lipinski definition) is 7. The lowest BCUT2D eigenvalue weighted by Gasteiger charge is -2.32. The van der Waals surface area contributed by atoms with Crippen molar-refractivity contribution in [2.24, 2.45) is 0 Å². The summed E-state index contributed by atoms with van der Waals surface area (Å²) >= 11 is 1.42. The fourth-order valence-corrected chi connectivity index (χ4v) is 3.28. The minimum Gasteiger partial charge on any atom is -0.501 e. The molecule has 1 amide bonds. The van der Waals surface area contributed by atoms with E-state index in [0.717, 1.165) is 10.6 Å². The van der Waals surface area contributed by atoms with E-state index in [2.05, 4.69) is 15.3 Å². The molecule has 0 bridgehead atoms. The van der Waals surface area contributed by atoms with Gasteiger partial charge in [-0.1, -0.05) is 0 Å². The highest BCUT2D eigenvalue weighted by molar-refractivity contribution is 7.09. The Morgan fingerprint density at radius 1 is 1.54 bits per heavy atom. The zero-order valence-electron chi connectivity index (χ0n) is 13.6. The Hall–Kier alpha value is -2.26. The Labute approximate surface area is 142 Å². The number of carbonyl (C=O) groups is 1. The van der Waals surface area contributed by atoms with Crippen LogP contribution < -0.4 is 10.9 Å². The summed E-state index contributed by atoms with van der Waals surface area (Å²) in [6, 6.07) is 0. The van der Waals surface area contributed by atoms with Crippen molar-refractivity contribution in [1.82, 2.24) is 19.9 Å². The lowest BCUT2D eigenvalue weighted by molar-refractivity contribution is -0.0566. The molecule has 0 saturated heterocycles. The molecule has 2 N–H and O–H groups in total. The molecule has 0 unspecified atom stereocenters. The minimum absolute atomic E-state index is 0.259. The summed E-state index contributed by atoms with van der Waals surface area (Å²) in [5, 5.41) is 12.8. The first kappa shape index (κ1) is 16.6. The molecule has 9 heteroatoms. The van der Waals surface area contributed by atoms with E-state index in [4.69, 9.17) is 4.74 Å². The van der Waals surface area contributed by atoms with Gasteiger partial charge in [0.2, 0.25) is 5.75 Å². The van der Waals surface area contributed by atoms with Crippen molar-refractivity contribution in [3.05, 3.63) is 38.0 Å². The third-order valence-electron chi connectivity index (χ3n) is 3.93. The molecule has 0 aliphatic carbocycles. The molecule has 3 heterocycles.